The van der Waals surface area contributed by atoms with Gasteiger partial charge in [-0.2, -0.15) is 8.42 Å². The van der Waals surface area contributed by atoms with E-state index in [0.717, 1.165) is 0 Å². The summed E-state index contributed by atoms with van der Waals surface area (Å²) in [6.07, 6.45) is 1.41. The summed E-state index contributed by atoms with van der Waals surface area (Å²) in [7, 11) is -3.97. The van der Waals surface area contributed by atoms with Crippen LogP contribution in [0.4, 0.5) is 0 Å². The lowest BCUT2D eigenvalue weighted by atomic mass is 10.3. The van der Waals surface area contributed by atoms with Crippen molar-refractivity contribution < 1.29 is 22.1 Å². The maximum Gasteiger partial charge on any atom is 0.339 e. The topological polar surface area (TPSA) is 74.7 Å². The largest absolute Gasteiger partial charge is 0.494 e. The standard InChI is InChI=1S/C19H15Cl2NO5S/c1-2-25-14-7-9-17(10-8-14)28(23,24)27-16-5-3-15(4-6-16)26-19-18(21)11-13(20)12-22-19/h3-12H,2H2,1H3. The van der Waals surface area contributed by atoms with Gasteiger partial charge in [0.25, 0.3) is 0 Å². The highest BCUT2D eigenvalue weighted by molar-refractivity contribution is 7.87. The molecule has 9 heteroatoms. The molecule has 1 heterocycles. The smallest absolute Gasteiger partial charge is 0.339 e. The fraction of sp³-hybridized carbons (Fsp3) is 0.105. The average Bonchev–Trinajstić information content (AvgIpc) is 2.66. The Balaban J connectivity index is 1.70. The lowest BCUT2D eigenvalue weighted by Gasteiger charge is -2.10. The van der Waals surface area contributed by atoms with E-state index >= 15 is 0 Å². The van der Waals surface area contributed by atoms with E-state index in [1.165, 1.54) is 48.7 Å². The molecule has 2 aromatic carbocycles. The Morgan fingerprint density at radius 2 is 1.54 bits per heavy atom. The third kappa shape index (κ3) is 5.07. The third-order valence-electron chi connectivity index (χ3n) is 3.44. The van der Waals surface area contributed by atoms with Crippen molar-refractivity contribution in [2.75, 3.05) is 6.61 Å². The van der Waals surface area contributed by atoms with E-state index < -0.39 is 10.1 Å². The number of benzene rings is 2. The van der Waals surface area contributed by atoms with Crippen LogP contribution in [0.1, 0.15) is 6.92 Å². The second-order valence-corrected chi connectivity index (χ2v) is 7.85. The minimum Gasteiger partial charge on any atom is -0.494 e. The normalized spacial score (nSPS) is 11.1. The predicted octanol–water partition coefficient (Wildman–Crippen LogP) is 5.35. The Kier molecular flexibility index (Phi) is 6.28. The summed E-state index contributed by atoms with van der Waals surface area (Å²) in [5.74, 6) is 1.30. The minimum absolute atomic E-state index is 0.0217. The van der Waals surface area contributed by atoms with Crippen molar-refractivity contribution in [3.05, 3.63) is 70.8 Å². The molecule has 0 saturated heterocycles. The van der Waals surface area contributed by atoms with E-state index in [1.54, 1.807) is 12.1 Å². The van der Waals surface area contributed by atoms with Crippen LogP contribution in [0.2, 0.25) is 10.0 Å². The van der Waals surface area contributed by atoms with E-state index in [9.17, 15) is 8.42 Å². The van der Waals surface area contributed by atoms with Crippen molar-refractivity contribution in [3.63, 3.8) is 0 Å². The molecule has 0 spiro atoms. The first kappa shape index (κ1) is 20.3. The van der Waals surface area contributed by atoms with Crippen molar-refractivity contribution in [2.45, 2.75) is 11.8 Å². The van der Waals surface area contributed by atoms with Gasteiger partial charge in [-0.3, -0.25) is 0 Å². The Morgan fingerprint density at radius 3 is 2.14 bits per heavy atom. The summed E-state index contributed by atoms with van der Waals surface area (Å²) < 4.78 is 40.8. The van der Waals surface area contributed by atoms with E-state index in [4.69, 9.17) is 36.9 Å². The highest BCUT2D eigenvalue weighted by Crippen LogP contribution is 2.30. The maximum atomic E-state index is 12.4. The molecular formula is C19H15Cl2NO5S. The maximum absolute atomic E-state index is 12.4. The van der Waals surface area contributed by atoms with Gasteiger partial charge in [-0.25, -0.2) is 4.98 Å². The summed E-state index contributed by atoms with van der Waals surface area (Å²) in [4.78, 5) is 4.01. The van der Waals surface area contributed by atoms with Gasteiger partial charge in [-0.15, -0.1) is 0 Å². The Morgan fingerprint density at radius 1 is 0.929 bits per heavy atom. The minimum atomic E-state index is -3.97. The van der Waals surface area contributed by atoms with Crippen LogP contribution in [0.25, 0.3) is 0 Å². The highest BCUT2D eigenvalue weighted by Gasteiger charge is 2.17. The molecule has 0 aliphatic carbocycles. The second kappa shape index (κ2) is 8.68. The highest BCUT2D eigenvalue weighted by atomic mass is 35.5. The molecule has 0 aliphatic heterocycles. The molecule has 0 unspecified atom stereocenters. The molecule has 6 nitrogen and oxygen atoms in total. The summed E-state index contributed by atoms with van der Waals surface area (Å²) >= 11 is 11.8. The molecule has 146 valence electrons. The Hall–Kier alpha value is -2.48. The van der Waals surface area contributed by atoms with Crippen LogP contribution in [-0.4, -0.2) is 20.0 Å². The van der Waals surface area contributed by atoms with E-state index in [-0.39, 0.29) is 21.5 Å². The van der Waals surface area contributed by atoms with Crippen molar-refractivity contribution in [2.24, 2.45) is 0 Å². The van der Waals surface area contributed by atoms with Crippen LogP contribution in [0.5, 0.6) is 23.1 Å². The number of hydrogen-bond acceptors (Lipinski definition) is 6. The summed E-state index contributed by atoms with van der Waals surface area (Å²) in [5, 5.41) is 0.645. The average molecular weight is 440 g/mol. The van der Waals surface area contributed by atoms with Gasteiger partial charge in [0.05, 0.1) is 11.6 Å². The SMILES string of the molecule is CCOc1ccc(S(=O)(=O)Oc2ccc(Oc3ncc(Cl)cc3Cl)cc2)cc1. The molecule has 0 radical (unpaired) electrons. The number of hydrogen-bond donors (Lipinski definition) is 0. The number of ether oxygens (including phenoxy) is 2. The zero-order chi connectivity index (χ0) is 20.1. The molecular weight excluding hydrogens is 425 g/mol. The molecule has 0 amide bonds. The first-order chi connectivity index (χ1) is 13.4. The first-order valence-corrected chi connectivity index (χ1v) is 10.3. The van der Waals surface area contributed by atoms with Crippen LogP contribution >= 0.6 is 23.2 Å². The van der Waals surface area contributed by atoms with E-state index in [2.05, 4.69) is 4.98 Å². The van der Waals surface area contributed by atoms with Crippen LogP contribution in [-0.2, 0) is 10.1 Å². The molecule has 0 N–H and O–H groups in total. The fourth-order valence-electron chi connectivity index (χ4n) is 2.20. The molecule has 1 aromatic heterocycles. The molecule has 0 fully saturated rings. The third-order valence-corrected chi connectivity index (χ3v) is 5.18. The van der Waals surface area contributed by atoms with Crippen molar-refractivity contribution >= 4 is 33.3 Å². The summed E-state index contributed by atoms with van der Waals surface area (Å²) in [6.45, 7) is 2.34. The molecule has 0 atom stereocenters. The van der Waals surface area contributed by atoms with Gasteiger partial charge in [-0.05, 0) is 61.5 Å². The lowest BCUT2D eigenvalue weighted by molar-refractivity contribution is 0.340. The van der Waals surface area contributed by atoms with E-state index in [0.29, 0.717) is 23.1 Å². The van der Waals surface area contributed by atoms with Crippen LogP contribution < -0.4 is 13.7 Å². The van der Waals surface area contributed by atoms with Gasteiger partial charge >= 0.3 is 10.1 Å². The van der Waals surface area contributed by atoms with Crippen LogP contribution in [0.3, 0.4) is 0 Å². The summed E-state index contributed by atoms with van der Waals surface area (Å²) in [6, 6.07) is 13.5. The molecule has 3 aromatic rings. The molecule has 28 heavy (non-hydrogen) atoms. The quantitative estimate of drug-likeness (QED) is 0.462. The number of aromatic nitrogens is 1. The molecule has 0 saturated carbocycles. The first-order valence-electron chi connectivity index (χ1n) is 8.13. The predicted molar refractivity (Wildman–Crippen MR) is 106 cm³/mol. The van der Waals surface area contributed by atoms with Gasteiger partial charge in [0.15, 0.2) is 0 Å². The fourth-order valence-corrected chi connectivity index (χ4v) is 3.54. The molecule has 3 rings (SSSR count). The zero-order valence-corrected chi connectivity index (χ0v) is 17.0. The number of rotatable bonds is 7. The Bertz CT molecular complexity index is 1050. The monoisotopic (exact) mass is 439 g/mol. The van der Waals surface area contributed by atoms with E-state index in [1.807, 2.05) is 6.92 Å². The van der Waals surface area contributed by atoms with Gasteiger partial charge in [0.1, 0.15) is 27.2 Å². The van der Waals surface area contributed by atoms with Gasteiger partial charge in [0.2, 0.25) is 5.88 Å². The van der Waals surface area contributed by atoms with Crippen LogP contribution in [0, 0.1) is 0 Å². The van der Waals surface area contributed by atoms with Gasteiger partial charge in [-0.1, -0.05) is 23.2 Å². The second-order valence-electron chi connectivity index (χ2n) is 5.46. The van der Waals surface area contributed by atoms with Crippen LogP contribution in [0.15, 0.2) is 65.7 Å². The van der Waals surface area contributed by atoms with Crippen molar-refractivity contribution in [1.29, 1.82) is 0 Å². The zero-order valence-electron chi connectivity index (χ0n) is 14.6. The van der Waals surface area contributed by atoms with Crippen molar-refractivity contribution in [1.82, 2.24) is 4.98 Å². The number of halogens is 2. The lowest BCUT2D eigenvalue weighted by Crippen LogP contribution is -2.09. The van der Waals surface area contributed by atoms with Crippen molar-refractivity contribution in [3.8, 4) is 23.1 Å². The molecule has 0 aliphatic rings. The van der Waals surface area contributed by atoms with Gasteiger partial charge in [0, 0.05) is 6.20 Å². The number of pyridine rings is 1. The van der Waals surface area contributed by atoms with Gasteiger partial charge < -0.3 is 13.7 Å². The number of nitrogens with zero attached hydrogens (tertiary/aromatic N) is 1. The summed E-state index contributed by atoms with van der Waals surface area (Å²) in [5.41, 5.74) is 0. The Labute approximate surface area is 172 Å². The molecule has 0 bridgehead atoms.